The maximum atomic E-state index is 14.0. The molecule has 11 nitrogen and oxygen atoms in total. The van der Waals surface area contributed by atoms with Gasteiger partial charge in [0.1, 0.15) is 17.7 Å². The van der Waals surface area contributed by atoms with Gasteiger partial charge in [0, 0.05) is 25.3 Å². The van der Waals surface area contributed by atoms with Crippen LogP contribution in [0.2, 0.25) is 0 Å². The summed E-state index contributed by atoms with van der Waals surface area (Å²) in [5.41, 5.74) is 0.766. The number of phosphoric acid groups is 1. The summed E-state index contributed by atoms with van der Waals surface area (Å²) >= 11 is 0. The molecule has 0 aliphatic carbocycles. The second kappa shape index (κ2) is 12.3. The van der Waals surface area contributed by atoms with Gasteiger partial charge in [-0.05, 0) is 70.4 Å². The van der Waals surface area contributed by atoms with Gasteiger partial charge in [0.25, 0.3) is 5.91 Å². The fourth-order valence-electron chi connectivity index (χ4n) is 3.89. The second-order valence-corrected chi connectivity index (χ2v) is 10.7. The summed E-state index contributed by atoms with van der Waals surface area (Å²) in [6.45, 7) is 7.08. The van der Waals surface area contributed by atoms with E-state index in [1.807, 2.05) is 6.92 Å². The Balaban J connectivity index is 0.000000364. The summed E-state index contributed by atoms with van der Waals surface area (Å²) in [4.78, 5) is 37.2. The summed E-state index contributed by atoms with van der Waals surface area (Å²) in [5.74, 6) is 0.526. The summed E-state index contributed by atoms with van der Waals surface area (Å²) in [6.07, 6.45) is 0.726. The summed E-state index contributed by atoms with van der Waals surface area (Å²) in [6, 6.07) is 6.71. The number of benzene rings is 1. The van der Waals surface area contributed by atoms with Crippen LogP contribution in [0.15, 0.2) is 35.3 Å². The molecule has 0 bridgehead atoms. The molecule has 1 saturated heterocycles. The third kappa shape index (κ3) is 7.93. The minimum absolute atomic E-state index is 0.107. The molecule has 2 N–H and O–H groups in total. The summed E-state index contributed by atoms with van der Waals surface area (Å²) in [7, 11) is -2.60. The molecule has 0 saturated carbocycles. The molecule has 13 heteroatoms. The molecule has 0 spiro atoms. The average Bonchev–Trinajstić information content (AvgIpc) is 3.15. The predicted molar refractivity (Wildman–Crippen MR) is 133 cm³/mol. The first-order valence-electron chi connectivity index (χ1n) is 11.9. The normalized spacial score (nSPS) is 24.3. The number of phosphoric ester groups is 1. The molecule has 5 atom stereocenters. The second-order valence-electron chi connectivity index (χ2n) is 9.14. The number of aromatic nitrogens is 2. The molecule has 2 aliphatic rings. The lowest BCUT2D eigenvalue weighted by Crippen LogP contribution is -2.31. The van der Waals surface area contributed by atoms with E-state index in [1.165, 1.54) is 12.3 Å². The van der Waals surface area contributed by atoms with Gasteiger partial charge in [-0.25, -0.2) is 13.8 Å². The molecule has 1 fully saturated rings. The largest absolute Gasteiger partial charge is 0.490 e. The summed E-state index contributed by atoms with van der Waals surface area (Å²) in [5, 5.41) is 2.61. The Morgan fingerprint density at radius 3 is 2.59 bits per heavy atom. The Bertz CT molecular complexity index is 1210. The summed E-state index contributed by atoms with van der Waals surface area (Å²) < 4.78 is 45.4. The molecule has 4 unspecified atom stereocenters. The van der Waals surface area contributed by atoms with Crippen molar-refractivity contribution in [2.75, 3.05) is 12.4 Å². The monoisotopic (exact) mass is 541 g/mol. The molecule has 37 heavy (non-hydrogen) atoms. The van der Waals surface area contributed by atoms with Crippen molar-refractivity contribution in [1.29, 1.82) is 0 Å². The molecule has 1 aromatic heterocycles. The lowest BCUT2D eigenvalue weighted by atomic mass is 10.0. The van der Waals surface area contributed by atoms with Gasteiger partial charge >= 0.3 is 13.5 Å². The van der Waals surface area contributed by atoms with Crippen LogP contribution in [0.1, 0.15) is 62.7 Å². The topological polar surface area (TPSA) is 138 Å². The number of nitrogens with zero attached hydrogens (tertiary/aromatic N) is 2. The molecular weight excluding hydrogens is 508 g/mol. The Morgan fingerprint density at radius 1 is 1.30 bits per heavy atom. The lowest BCUT2D eigenvalue weighted by Gasteiger charge is -2.23. The number of hydrogen-bond donors (Lipinski definition) is 2. The van der Waals surface area contributed by atoms with Crippen LogP contribution in [-0.2, 0) is 24.8 Å². The predicted octanol–water partition coefficient (Wildman–Crippen LogP) is 4.01. The Labute approximate surface area is 214 Å². The molecular formula is C24H33FN3O8P. The van der Waals surface area contributed by atoms with E-state index in [0.29, 0.717) is 5.56 Å². The number of ether oxygens (including phenoxy) is 2. The molecule has 1 amide bonds. The van der Waals surface area contributed by atoms with Crippen LogP contribution in [0.5, 0.6) is 5.75 Å². The van der Waals surface area contributed by atoms with Gasteiger partial charge in [-0.2, -0.15) is 4.98 Å². The highest BCUT2D eigenvalue weighted by molar-refractivity contribution is 7.47. The number of anilines is 1. The third-order valence-electron chi connectivity index (χ3n) is 5.63. The standard InChI is InChI=1S/C20H22FN3O4.C4H11O4P/c1-11-3-4-13-10-14(5-6-16(13)27-11)18(25)22-17-7-8-24(20(26)23-17)19-15(21)9-12(2)28-19;1-4(2)8-9(5,6)7-3/h5-8,10-12,15,19H,3-4,9H2,1-2H3,(H,22,23,25,26);4H,1-3H3,(H,5,6)/t11?,12?,15-,19?;/m0./s1. The zero-order valence-corrected chi connectivity index (χ0v) is 22.3. The van der Waals surface area contributed by atoms with Gasteiger partial charge in [0.2, 0.25) is 0 Å². The van der Waals surface area contributed by atoms with Crippen LogP contribution in [0.4, 0.5) is 10.2 Å². The van der Waals surface area contributed by atoms with E-state index in [9.17, 15) is 18.5 Å². The molecule has 4 rings (SSSR count). The van der Waals surface area contributed by atoms with Crippen molar-refractivity contribution in [2.24, 2.45) is 0 Å². The van der Waals surface area contributed by atoms with E-state index in [-0.39, 0.29) is 36.5 Å². The van der Waals surface area contributed by atoms with Gasteiger partial charge < -0.3 is 19.7 Å². The third-order valence-corrected chi connectivity index (χ3v) is 6.78. The number of nitrogens with one attached hydrogen (secondary N) is 1. The van der Waals surface area contributed by atoms with Crippen LogP contribution < -0.4 is 15.7 Å². The van der Waals surface area contributed by atoms with Crippen LogP contribution >= 0.6 is 7.82 Å². The van der Waals surface area contributed by atoms with Gasteiger partial charge in [0.05, 0.1) is 18.3 Å². The molecule has 0 radical (unpaired) electrons. The highest BCUT2D eigenvalue weighted by Crippen LogP contribution is 2.43. The zero-order chi connectivity index (χ0) is 27.3. The van der Waals surface area contributed by atoms with Crippen LogP contribution in [-0.4, -0.2) is 51.9 Å². The fourth-order valence-corrected chi connectivity index (χ4v) is 4.51. The van der Waals surface area contributed by atoms with Crippen molar-refractivity contribution >= 4 is 19.5 Å². The van der Waals surface area contributed by atoms with Crippen molar-refractivity contribution in [3.8, 4) is 5.75 Å². The number of amides is 1. The van der Waals surface area contributed by atoms with Crippen LogP contribution in [0, 0.1) is 0 Å². The number of hydrogen-bond acceptors (Lipinski definition) is 8. The van der Waals surface area contributed by atoms with E-state index in [0.717, 1.165) is 35.8 Å². The SMILES string of the molecule is CC1CCc2cc(C(=O)Nc3ccn(C4OC(C)C[C@@H]4F)c(=O)n3)ccc2O1.COP(=O)(O)OC(C)C. The number of rotatable bonds is 6. The van der Waals surface area contributed by atoms with Crippen molar-refractivity contribution in [3.05, 3.63) is 52.1 Å². The quantitative estimate of drug-likeness (QED) is 0.520. The molecule has 204 valence electrons. The Morgan fingerprint density at radius 2 is 2.03 bits per heavy atom. The van der Waals surface area contributed by atoms with Crippen molar-refractivity contribution in [2.45, 2.75) is 77.7 Å². The van der Waals surface area contributed by atoms with E-state index in [4.69, 9.17) is 14.4 Å². The molecule has 1 aromatic carbocycles. The first kappa shape index (κ1) is 28.9. The molecule has 2 aliphatic heterocycles. The Hall–Kier alpha value is -2.63. The maximum absolute atomic E-state index is 14.0. The lowest BCUT2D eigenvalue weighted by molar-refractivity contribution is -0.0146. The highest BCUT2D eigenvalue weighted by atomic mass is 31.2. The van der Waals surface area contributed by atoms with E-state index >= 15 is 0 Å². The van der Waals surface area contributed by atoms with Gasteiger partial charge in [-0.1, -0.05) is 0 Å². The maximum Gasteiger partial charge on any atom is 0.472 e. The van der Waals surface area contributed by atoms with Crippen LogP contribution in [0.25, 0.3) is 0 Å². The number of aryl methyl sites for hydroxylation is 1. The fraction of sp³-hybridized carbons (Fsp3) is 0.542. The minimum Gasteiger partial charge on any atom is -0.490 e. The first-order chi connectivity index (χ1) is 17.4. The number of carbonyl (C=O) groups excluding carboxylic acids is 1. The number of fused-ring (bicyclic) bond motifs is 1. The molecule has 3 heterocycles. The number of carbonyl (C=O) groups is 1. The zero-order valence-electron chi connectivity index (χ0n) is 21.4. The highest BCUT2D eigenvalue weighted by Gasteiger charge is 2.35. The molecule has 2 aromatic rings. The van der Waals surface area contributed by atoms with Crippen molar-refractivity contribution < 1.29 is 37.2 Å². The van der Waals surface area contributed by atoms with E-state index < -0.39 is 25.9 Å². The van der Waals surface area contributed by atoms with Crippen molar-refractivity contribution in [1.82, 2.24) is 9.55 Å². The minimum atomic E-state index is -3.73. The van der Waals surface area contributed by atoms with Crippen molar-refractivity contribution in [3.63, 3.8) is 0 Å². The van der Waals surface area contributed by atoms with E-state index in [1.54, 1.807) is 39.0 Å². The van der Waals surface area contributed by atoms with Gasteiger partial charge in [-0.3, -0.25) is 18.4 Å². The average molecular weight is 542 g/mol. The Kier molecular flexibility index (Phi) is 9.60. The number of halogens is 1. The van der Waals surface area contributed by atoms with E-state index in [2.05, 4.69) is 19.3 Å². The van der Waals surface area contributed by atoms with Gasteiger partial charge in [0.15, 0.2) is 6.23 Å². The first-order valence-corrected chi connectivity index (χ1v) is 13.4. The van der Waals surface area contributed by atoms with Gasteiger partial charge in [-0.15, -0.1) is 0 Å². The van der Waals surface area contributed by atoms with Crippen LogP contribution in [0.3, 0.4) is 0 Å². The number of alkyl halides is 1. The smallest absolute Gasteiger partial charge is 0.472 e.